The van der Waals surface area contributed by atoms with Gasteiger partial charge in [0.1, 0.15) is 5.78 Å². The molecule has 2 heteroatoms. The zero-order valence-corrected chi connectivity index (χ0v) is 7.66. The van der Waals surface area contributed by atoms with Crippen molar-refractivity contribution in [2.24, 2.45) is 5.92 Å². The lowest BCUT2D eigenvalue weighted by Gasteiger charge is -2.09. The maximum Gasteiger partial charge on any atom is 0.136 e. The Hall–Kier alpha value is 0.0200. The Morgan fingerprint density at radius 1 is 1.50 bits per heavy atom. The van der Waals surface area contributed by atoms with Crippen LogP contribution in [0.2, 0.25) is 0 Å². The Balaban J connectivity index is 3.68. The molecule has 0 bridgehead atoms. The van der Waals surface area contributed by atoms with Crippen LogP contribution < -0.4 is 0 Å². The molecular formula is C8H16OS. The lowest BCUT2D eigenvalue weighted by Crippen LogP contribution is -2.14. The molecule has 0 saturated heterocycles. The molecule has 0 N–H and O–H groups in total. The molecule has 10 heavy (non-hydrogen) atoms. The van der Waals surface area contributed by atoms with Crippen molar-refractivity contribution >= 4 is 18.4 Å². The summed E-state index contributed by atoms with van der Waals surface area (Å²) in [6.45, 7) is 4.01. The minimum absolute atomic E-state index is 0.207. The third kappa shape index (κ3) is 3.25. The van der Waals surface area contributed by atoms with Gasteiger partial charge in [-0.15, -0.1) is 0 Å². The van der Waals surface area contributed by atoms with Gasteiger partial charge in [0.25, 0.3) is 0 Å². The second-order valence-corrected chi connectivity index (χ2v) is 2.85. The lowest BCUT2D eigenvalue weighted by atomic mass is 9.99. The monoisotopic (exact) mass is 160 g/mol. The number of Topliss-reactive ketones (excluding diaryl/α,β-unsaturated/α-hetero) is 1. The number of thiol groups is 1. The summed E-state index contributed by atoms with van der Waals surface area (Å²) < 4.78 is 0. The van der Waals surface area contributed by atoms with Crippen molar-refractivity contribution in [2.45, 2.75) is 33.1 Å². The van der Waals surface area contributed by atoms with Crippen LogP contribution in [0.15, 0.2) is 0 Å². The van der Waals surface area contributed by atoms with Gasteiger partial charge >= 0.3 is 0 Å². The molecule has 0 fully saturated rings. The second-order valence-electron chi connectivity index (χ2n) is 2.49. The molecule has 0 aliphatic carbocycles. The van der Waals surface area contributed by atoms with Gasteiger partial charge in [-0.1, -0.05) is 20.3 Å². The first-order valence-electron chi connectivity index (χ1n) is 3.89. The van der Waals surface area contributed by atoms with E-state index in [0.29, 0.717) is 18.0 Å². The van der Waals surface area contributed by atoms with Crippen LogP contribution in [0, 0.1) is 5.92 Å². The van der Waals surface area contributed by atoms with E-state index in [2.05, 4.69) is 19.6 Å². The highest BCUT2D eigenvalue weighted by Crippen LogP contribution is 2.10. The average molecular weight is 160 g/mol. The SMILES string of the molecule is CCCC(CS)C(=O)CC. The maximum atomic E-state index is 11.1. The van der Waals surface area contributed by atoms with Crippen molar-refractivity contribution in [3.05, 3.63) is 0 Å². The number of hydrogen-bond donors (Lipinski definition) is 1. The van der Waals surface area contributed by atoms with E-state index in [0.717, 1.165) is 12.8 Å². The fraction of sp³-hybridized carbons (Fsp3) is 0.875. The van der Waals surface area contributed by atoms with E-state index >= 15 is 0 Å². The molecule has 0 amide bonds. The summed E-state index contributed by atoms with van der Waals surface area (Å²) in [5, 5.41) is 0. The Morgan fingerprint density at radius 2 is 2.10 bits per heavy atom. The van der Waals surface area contributed by atoms with Crippen molar-refractivity contribution in [1.29, 1.82) is 0 Å². The van der Waals surface area contributed by atoms with Gasteiger partial charge in [-0.25, -0.2) is 0 Å². The van der Waals surface area contributed by atoms with Crippen LogP contribution >= 0.6 is 12.6 Å². The molecule has 0 aromatic heterocycles. The van der Waals surface area contributed by atoms with Gasteiger partial charge in [-0.3, -0.25) is 4.79 Å². The fourth-order valence-electron chi connectivity index (χ4n) is 0.991. The van der Waals surface area contributed by atoms with E-state index < -0.39 is 0 Å². The molecule has 1 nitrogen and oxygen atoms in total. The van der Waals surface area contributed by atoms with E-state index in [1.54, 1.807) is 0 Å². The summed E-state index contributed by atoms with van der Waals surface area (Å²) >= 11 is 4.12. The van der Waals surface area contributed by atoms with Crippen LogP contribution in [-0.2, 0) is 4.79 Å². The molecule has 1 atom stereocenters. The molecule has 0 saturated carbocycles. The molecule has 0 rings (SSSR count). The van der Waals surface area contributed by atoms with E-state index in [1.807, 2.05) is 6.92 Å². The zero-order chi connectivity index (χ0) is 7.98. The Morgan fingerprint density at radius 3 is 2.40 bits per heavy atom. The van der Waals surface area contributed by atoms with Gasteiger partial charge in [0.15, 0.2) is 0 Å². The smallest absolute Gasteiger partial charge is 0.136 e. The third-order valence-electron chi connectivity index (χ3n) is 1.66. The molecule has 0 heterocycles. The highest BCUT2D eigenvalue weighted by molar-refractivity contribution is 7.80. The van der Waals surface area contributed by atoms with E-state index in [4.69, 9.17) is 0 Å². The predicted molar refractivity (Wildman–Crippen MR) is 47.5 cm³/mol. The molecule has 0 aliphatic rings. The van der Waals surface area contributed by atoms with Crippen LogP contribution in [0.1, 0.15) is 33.1 Å². The van der Waals surface area contributed by atoms with Crippen molar-refractivity contribution < 1.29 is 4.79 Å². The Bertz CT molecular complexity index is 101. The molecule has 1 unspecified atom stereocenters. The van der Waals surface area contributed by atoms with Gasteiger partial charge < -0.3 is 0 Å². The first-order chi connectivity index (χ1) is 4.76. The van der Waals surface area contributed by atoms with Gasteiger partial charge in [0, 0.05) is 12.3 Å². The van der Waals surface area contributed by atoms with E-state index in [9.17, 15) is 4.79 Å². The molecule has 0 aliphatic heterocycles. The fourth-order valence-corrected chi connectivity index (χ4v) is 1.38. The summed E-state index contributed by atoms with van der Waals surface area (Å²) in [5.41, 5.74) is 0. The van der Waals surface area contributed by atoms with Gasteiger partial charge in [-0.05, 0) is 12.2 Å². The quantitative estimate of drug-likeness (QED) is 0.611. The van der Waals surface area contributed by atoms with Crippen LogP contribution in [0.25, 0.3) is 0 Å². The summed E-state index contributed by atoms with van der Waals surface area (Å²) in [6, 6.07) is 0. The number of ketones is 1. The minimum atomic E-state index is 0.207. The van der Waals surface area contributed by atoms with Crippen molar-refractivity contribution in [3.8, 4) is 0 Å². The summed E-state index contributed by atoms with van der Waals surface area (Å²) in [4.78, 5) is 11.1. The first-order valence-corrected chi connectivity index (χ1v) is 4.53. The van der Waals surface area contributed by atoms with Crippen LogP contribution in [-0.4, -0.2) is 11.5 Å². The van der Waals surface area contributed by atoms with E-state index in [1.165, 1.54) is 0 Å². The highest BCUT2D eigenvalue weighted by atomic mass is 32.1. The van der Waals surface area contributed by atoms with E-state index in [-0.39, 0.29) is 5.92 Å². The van der Waals surface area contributed by atoms with Crippen molar-refractivity contribution in [1.82, 2.24) is 0 Å². The topological polar surface area (TPSA) is 17.1 Å². The summed E-state index contributed by atoms with van der Waals surface area (Å²) in [7, 11) is 0. The van der Waals surface area contributed by atoms with Crippen molar-refractivity contribution in [2.75, 3.05) is 5.75 Å². The van der Waals surface area contributed by atoms with Gasteiger partial charge in [-0.2, -0.15) is 12.6 Å². The standard InChI is InChI=1S/C8H16OS/c1-3-5-7(6-10)8(9)4-2/h7,10H,3-6H2,1-2H3. The minimum Gasteiger partial charge on any atom is -0.299 e. The predicted octanol–water partition coefficient (Wildman–Crippen LogP) is 2.31. The van der Waals surface area contributed by atoms with Crippen LogP contribution in [0.5, 0.6) is 0 Å². The molecule has 0 radical (unpaired) electrons. The summed E-state index contributed by atoms with van der Waals surface area (Å²) in [6.07, 6.45) is 2.73. The number of carbonyl (C=O) groups is 1. The maximum absolute atomic E-state index is 11.1. The van der Waals surface area contributed by atoms with Crippen molar-refractivity contribution in [3.63, 3.8) is 0 Å². The molecular weight excluding hydrogens is 144 g/mol. The Labute approximate surface area is 68.6 Å². The average Bonchev–Trinajstić information content (AvgIpc) is 1.99. The second kappa shape index (κ2) is 5.78. The number of carbonyl (C=O) groups excluding carboxylic acids is 1. The number of hydrogen-bond acceptors (Lipinski definition) is 2. The molecule has 60 valence electrons. The van der Waals surface area contributed by atoms with Gasteiger partial charge in [0.05, 0.1) is 0 Å². The number of rotatable bonds is 5. The first kappa shape index (κ1) is 10.0. The Kier molecular flexibility index (Phi) is 5.79. The summed E-state index contributed by atoms with van der Waals surface area (Å²) in [5.74, 6) is 1.27. The lowest BCUT2D eigenvalue weighted by molar-refractivity contribution is -0.122. The third-order valence-corrected chi connectivity index (χ3v) is 2.10. The van der Waals surface area contributed by atoms with Crippen LogP contribution in [0.4, 0.5) is 0 Å². The highest BCUT2D eigenvalue weighted by Gasteiger charge is 2.12. The molecule has 0 spiro atoms. The largest absolute Gasteiger partial charge is 0.299 e. The zero-order valence-electron chi connectivity index (χ0n) is 6.76. The van der Waals surface area contributed by atoms with Gasteiger partial charge in [0.2, 0.25) is 0 Å². The molecule has 0 aromatic carbocycles. The molecule has 0 aromatic rings. The van der Waals surface area contributed by atoms with Crippen LogP contribution in [0.3, 0.4) is 0 Å². The normalized spacial score (nSPS) is 13.1.